The Balaban J connectivity index is 1.85. The molecule has 0 atom stereocenters. The van der Waals surface area contributed by atoms with Crippen molar-refractivity contribution in [3.05, 3.63) is 11.7 Å². The predicted molar refractivity (Wildman–Crippen MR) is 66.8 cm³/mol. The Morgan fingerprint density at radius 2 is 2.18 bits per heavy atom. The first kappa shape index (κ1) is 12.6. The molecule has 1 saturated carbocycles. The van der Waals surface area contributed by atoms with E-state index in [1.165, 1.54) is 0 Å². The van der Waals surface area contributed by atoms with Crippen LogP contribution in [-0.4, -0.2) is 20.7 Å². The maximum atomic E-state index is 11.6. The molecule has 17 heavy (non-hydrogen) atoms. The quantitative estimate of drug-likeness (QED) is 0.808. The van der Waals surface area contributed by atoms with Crippen molar-refractivity contribution in [1.82, 2.24) is 10.1 Å². The van der Waals surface area contributed by atoms with Gasteiger partial charge in [0.2, 0.25) is 5.89 Å². The normalized spacial score (nSPS) is 16.2. The summed E-state index contributed by atoms with van der Waals surface area (Å²) in [4.78, 5) is 15.8. The van der Waals surface area contributed by atoms with Gasteiger partial charge in [-0.2, -0.15) is 4.98 Å². The third kappa shape index (κ3) is 4.15. The summed E-state index contributed by atoms with van der Waals surface area (Å²) in [5, 5.41) is 3.89. The number of nitrogens with zero attached hydrogens (tertiary/aromatic N) is 2. The lowest BCUT2D eigenvalue weighted by Gasteiger charge is -2.15. The molecule has 1 aromatic heterocycles. The number of Topliss-reactive ketones (excluding diaryl/α,β-unsaturated/α-hetero) is 1. The maximum absolute atomic E-state index is 11.6. The number of carbonyl (C=O) groups is 1. The smallest absolute Gasteiger partial charge is 0.234 e. The Hall–Kier alpha value is -0.840. The van der Waals surface area contributed by atoms with E-state index in [9.17, 15) is 4.79 Å². The van der Waals surface area contributed by atoms with Gasteiger partial charge >= 0.3 is 0 Å². The zero-order chi connectivity index (χ0) is 12.5. The Labute approximate surface area is 106 Å². The molecule has 0 radical (unpaired) electrons. The first-order valence-electron chi connectivity index (χ1n) is 5.92. The number of aromatic nitrogens is 2. The summed E-state index contributed by atoms with van der Waals surface area (Å²) in [5.41, 5.74) is 0. The van der Waals surface area contributed by atoms with Crippen molar-refractivity contribution in [2.24, 2.45) is 5.92 Å². The molecule has 94 valence electrons. The Morgan fingerprint density at radius 1 is 1.47 bits per heavy atom. The number of rotatable bonds is 5. The highest BCUT2D eigenvalue weighted by Gasteiger charge is 2.30. The lowest BCUT2D eigenvalue weighted by atomic mass is 10.2. The minimum atomic E-state index is 0.185. The number of hydrogen-bond acceptors (Lipinski definition) is 5. The van der Waals surface area contributed by atoms with Gasteiger partial charge in [0.25, 0.3) is 0 Å². The fourth-order valence-corrected chi connectivity index (χ4v) is 2.08. The molecule has 5 heteroatoms. The summed E-state index contributed by atoms with van der Waals surface area (Å²) in [6.45, 7) is 6.44. The van der Waals surface area contributed by atoms with E-state index in [1.807, 2.05) is 0 Å². The van der Waals surface area contributed by atoms with Gasteiger partial charge < -0.3 is 4.52 Å². The van der Waals surface area contributed by atoms with Crippen molar-refractivity contribution in [2.75, 3.05) is 0 Å². The van der Waals surface area contributed by atoms with E-state index >= 15 is 0 Å². The standard InChI is InChI=1S/C12H18N2O2S/c1-12(2,3)17-7-10-13-11(16-14-10)6-9(15)8-4-5-8/h8H,4-7H2,1-3H3. The molecule has 1 fully saturated rings. The molecule has 1 aliphatic carbocycles. The van der Waals surface area contributed by atoms with E-state index in [0.717, 1.165) is 18.6 Å². The Bertz CT molecular complexity index is 405. The lowest BCUT2D eigenvalue weighted by molar-refractivity contribution is -0.119. The van der Waals surface area contributed by atoms with Crippen molar-refractivity contribution in [3.63, 3.8) is 0 Å². The molecule has 0 amide bonds. The summed E-state index contributed by atoms with van der Waals surface area (Å²) in [5.74, 6) is 2.37. The number of carbonyl (C=O) groups excluding carboxylic acids is 1. The average Bonchev–Trinajstić information content (AvgIpc) is 2.97. The SMILES string of the molecule is CC(C)(C)SCc1noc(CC(=O)C2CC2)n1. The molecule has 1 aromatic rings. The molecule has 0 aromatic carbocycles. The van der Waals surface area contributed by atoms with E-state index in [4.69, 9.17) is 4.52 Å². The summed E-state index contributed by atoms with van der Waals surface area (Å²) in [6.07, 6.45) is 2.36. The summed E-state index contributed by atoms with van der Waals surface area (Å²) in [6, 6.07) is 0. The predicted octanol–water partition coefficient (Wildman–Crippen LogP) is 2.62. The third-order valence-corrected chi connectivity index (χ3v) is 3.77. The number of ketones is 1. The fraction of sp³-hybridized carbons (Fsp3) is 0.750. The molecule has 1 heterocycles. The molecule has 0 spiro atoms. The van der Waals surface area contributed by atoms with Crippen LogP contribution in [0.3, 0.4) is 0 Å². The van der Waals surface area contributed by atoms with Gasteiger partial charge in [-0.05, 0) is 12.8 Å². The first-order valence-corrected chi connectivity index (χ1v) is 6.91. The number of thioether (sulfide) groups is 1. The van der Waals surface area contributed by atoms with E-state index in [1.54, 1.807) is 11.8 Å². The van der Waals surface area contributed by atoms with Crippen LogP contribution in [0.4, 0.5) is 0 Å². The van der Waals surface area contributed by atoms with Crippen LogP contribution in [0, 0.1) is 5.92 Å². The summed E-state index contributed by atoms with van der Waals surface area (Å²) < 4.78 is 5.27. The third-order valence-electron chi connectivity index (χ3n) is 2.50. The van der Waals surface area contributed by atoms with Crippen molar-refractivity contribution in [3.8, 4) is 0 Å². The molecule has 0 saturated heterocycles. The van der Waals surface area contributed by atoms with Crippen LogP contribution in [0.15, 0.2) is 4.52 Å². The largest absolute Gasteiger partial charge is 0.339 e. The highest BCUT2D eigenvalue weighted by molar-refractivity contribution is 7.99. The van der Waals surface area contributed by atoms with Gasteiger partial charge in [-0.3, -0.25) is 4.79 Å². The van der Waals surface area contributed by atoms with E-state index in [-0.39, 0.29) is 16.4 Å². The second kappa shape index (κ2) is 4.80. The van der Waals surface area contributed by atoms with Gasteiger partial charge in [0, 0.05) is 10.7 Å². The topological polar surface area (TPSA) is 56.0 Å². The Kier molecular flexibility index (Phi) is 3.56. The van der Waals surface area contributed by atoms with Crippen LogP contribution >= 0.6 is 11.8 Å². The second-order valence-corrected chi connectivity index (χ2v) is 7.22. The van der Waals surface area contributed by atoms with E-state index in [0.29, 0.717) is 18.1 Å². The molecule has 4 nitrogen and oxygen atoms in total. The molecule has 0 N–H and O–H groups in total. The second-order valence-electron chi connectivity index (χ2n) is 5.42. The molecular formula is C12H18N2O2S. The minimum Gasteiger partial charge on any atom is -0.339 e. The maximum Gasteiger partial charge on any atom is 0.234 e. The van der Waals surface area contributed by atoms with Gasteiger partial charge in [-0.25, -0.2) is 0 Å². The van der Waals surface area contributed by atoms with Crippen molar-refractivity contribution in [2.45, 2.75) is 50.5 Å². The van der Waals surface area contributed by atoms with Gasteiger partial charge in [0.15, 0.2) is 5.82 Å². The van der Waals surface area contributed by atoms with E-state index in [2.05, 4.69) is 30.9 Å². The molecule has 0 aliphatic heterocycles. The monoisotopic (exact) mass is 254 g/mol. The van der Waals surface area contributed by atoms with E-state index < -0.39 is 0 Å². The zero-order valence-electron chi connectivity index (χ0n) is 10.5. The molecule has 1 aliphatic rings. The van der Waals surface area contributed by atoms with Gasteiger partial charge in [0.05, 0.1) is 12.2 Å². The van der Waals surface area contributed by atoms with Crippen LogP contribution in [0.25, 0.3) is 0 Å². The number of hydrogen-bond donors (Lipinski definition) is 0. The molecular weight excluding hydrogens is 236 g/mol. The highest BCUT2D eigenvalue weighted by atomic mass is 32.2. The summed E-state index contributed by atoms with van der Waals surface area (Å²) >= 11 is 1.77. The average molecular weight is 254 g/mol. The molecule has 2 rings (SSSR count). The van der Waals surface area contributed by atoms with Crippen molar-refractivity contribution < 1.29 is 9.32 Å². The van der Waals surface area contributed by atoms with Crippen molar-refractivity contribution in [1.29, 1.82) is 0 Å². The van der Waals surface area contributed by atoms with Gasteiger partial charge in [0.1, 0.15) is 5.78 Å². The summed E-state index contributed by atoms with van der Waals surface area (Å²) in [7, 11) is 0. The van der Waals surface area contributed by atoms with Gasteiger partial charge in [-0.15, -0.1) is 11.8 Å². The van der Waals surface area contributed by atoms with Crippen LogP contribution < -0.4 is 0 Å². The first-order chi connectivity index (χ1) is 7.94. The van der Waals surface area contributed by atoms with Crippen LogP contribution in [0.1, 0.15) is 45.3 Å². The fourth-order valence-electron chi connectivity index (χ4n) is 1.40. The van der Waals surface area contributed by atoms with Crippen LogP contribution in [-0.2, 0) is 17.0 Å². The minimum absolute atomic E-state index is 0.185. The lowest BCUT2D eigenvalue weighted by Crippen LogP contribution is -2.08. The van der Waals surface area contributed by atoms with Crippen molar-refractivity contribution >= 4 is 17.5 Å². The zero-order valence-corrected chi connectivity index (χ0v) is 11.3. The Morgan fingerprint density at radius 3 is 2.76 bits per heavy atom. The van der Waals surface area contributed by atoms with Crippen LogP contribution in [0.2, 0.25) is 0 Å². The molecule has 0 unspecified atom stereocenters. The highest BCUT2D eigenvalue weighted by Crippen LogP contribution is 2.31. The molecule has 0 bridgehead atoms. The van der Waals surface area contributed by atoms with Gasteiger partial charge in [-0.1, -0.05) is 25.9 Å². The van der Waals surface area contributed by atoms with Crippen LogP contribution in [0.5, 0.6) is 0 Å².